The summed E-state index contributed by atoms with van der Waals surface area (Å²) in [5, 5.41) is 0. The highest BCUT2D eigenvalue weighted by Gasteiger charge is 2.17. The molecule has 5 heteroatoms. The van der Waals surface area contributed by atoms with Crippen LogP contribution in [0.3, 0.4) is 0 Å². The van der Waals surface area contributed by atoms with Gasteiger partial charge in [-0.15, -0.1) is 0 Å². The van der Waals surface area contributed by atoms with Gasteiger partial charge < -0.3 is 4.74 Å². The molecule has 0 N–H and O–H groups in total. The average Bonchev–Trinajstić information content (AvgIpc) is 2.64. The Kier molecular flexibility index (Phi) is 6.26. The van der Waals surface area contributed by atoms with Gasteiger partial charge in [-0.25, -0.2) is 4.31 Å². The molecule has 2 aliphatic rings. The third kappa shape index (κ3) is 4.57. The Hall–Kier alpha value is -1.40. The van der Waals surface area contributed by atoms with Crippen molar-refractivity contribution in [1.29, 1.82) is 0 Å². The number of aliphatic imine (C=N–C) groups is 1. The molecule has 1 saturated heterocycles. The van der Waals surface area contributed by atoms with Crippen LogP contribution in [0, 0.1) is 0 Å². The van der Waals surface area contributed by atoms with Crippen LogP contribution in [0.25, 0.3) is 0 Å². The standard InChI is InChI=1S/C19H25N3OS/c1-3-17-8-9-22(15-19(17)20-2)24-18-6-4-16(5-7-18)14-21-10-12-23-13-11-21/h3-7H,1-2,8-15H2. The lowest BCUT2D eigenvalue weighted by atomic mass is 10.1. The third-order valence-corrected chi connectivity index (χ3v) is 5.49. The van der Waals surface area contributed by atoms with Gasteiger partial charge in [0.1, 0.15) is 0 Å². The zero-order valence-electron chi connectivity index (χ0n) is 14.1. The topological polar surface area (TPSA) is 28.1 Å². The molecule has 1 aromatic carbocycles. The first-order valence-corrected chi connectivity index (χ1v) is 9.19. The fraction of sp³-hybridized carbons (Fsp3) is 0.421. The number of benzene rings is 1. The molecule has 0 aliphatic carbocycles. The van der Waals surface area contributed by atoms with Crippen molar-refractivity contribution >= 4 is 18.7 Å². The van der Waals surface area contributed by atoms with E-state index in [2.05, 4.69) is 51.8 Å². The summed E-state index contributed by atoms with van der Waals surface area (Å²) in [6.45, 7) is 14.2. The van der Waals surface area contributed by atoms with Crippen LogP contribution in [0.5, 0.6) is 0 Å². The molecule has 2 aliphatic heterocycles. The second kappa shape index (κ2) is 8.62. The van der Waals surface area contributed by atoms with E-state index in [1.165, 1.54) is 16.0 Å². The molecule has 4 nitrogen and oxygen atoms in total. The Morgan fingerprint density at radius 3 is 2.58 bits per heavy atom. The van der Waals surface area contributed by atoms with E-state index in [0.29, 0.717) is 0 Å². The first kappa shape index (κ1) is 17.4. The smallest absolute Gasteiger partial charge is 0.0594 e. The number of morpholine rings is 1. The normalized spacial score (nSPS) is 20.2. The van der Waals surface area contributed by atoms with E-state index in [4.69, 9.17) is 4.74 Å². The third-order valence-electron chi connectivity index (χ3n) is 4.43. The minimum Gasteiger partial charge on any atom is -0.379 e. The fourth-order valence-corrected chi connectivity index (χ4v) is 3.93. The van der Waals surface area contributed by atoms with Gasteiger partial charge in [0, 0.05) is 31.1 Å². The van der Waals surface area contributed by atoms with Gasteiger partial charge in [0.15, 0.2) is 0 Å². The molecule has 1 aromatic rings. The summed E-state index contributed by atoms with van der Waals surface area (Å²) >= 11 is 1.79. The van der Waals surface area contributed by atoms with Crippen LogP contribution in [0.4, 0.5) is 0 Å². The predicted molar refractivity (Wildman–Crippen MR) is 101 cm³/mol. The highest BCUT2D eigenvalue weighted by atomic mass is 32.2. The van der Waals surface area contributed by atoms with Crippen LogP contribution < -0.4 is 0 Å². The molecule has 0 radical (unpaired) electrons. The monoisotopic (exact) mass is 343 g/mol. The molecule has 0 amide bonds. The SMILES string of the molecule is C=CC1=C(N=C)CN(Sc2ccc(CN3CCOCC3)cc2)CC1. The molecule has 128 valence electrons. The van der Waals surface area contributed by atoms with Gasteiger partial charge in [0.05, 0.1) is 25.5 Å². The Bertz CT molecular complexity index is 606. The highest BCUT2D eigenvalue weighted by molar-refractivity contribution is 7.97. The van der Waals surface area contributed by atoms with Gasteiger partial charge in [-0.2, -0.15) is 0 Å². The summed E-state index contributed by atoms with van der Waals surface area (Å²) < 4.78 is 7.74. The van der Waals surface area contributed by atoms with Crippen LogP contribution in [0.2, 0.25) is 0 Å². The molecule has 24 heavy (non-hydrogen) atoms. The Balaban J connectivity index is 1.55. The largest absolute Gasteiger partial charge is 0.379 e. The van der Waals surface area contributed by atoms with Crippen molar-refractivity contribution in [2.24, 2.45) is 4.99 Å². The van der Waals surface area contributed by atoms with Crippen molar-refractivity contribution in [3.63, 3.8) is 0 Å². The van der Waals surface area contributed by atoms with Gasteiger partial charge in [-0.3, -0.25) is 9.89 Å². The van der Waals surface area contributed by atoms with Gasteiger partial charge in [0.25, 0.3) is 0 Å². The lowest BCUT2D eigenvalue weighted by molar-refractivity contribution is 0.0342. The first-order chi connectivity index (χ1) is 11.8. The number of rotatable bonds is 6. The highest BCUT2D eigenvalue weighted by Crippen LogP contribution is 2.29. The predicted octanol–water partition coefficient (Wildman–Crippen LogP) is 3.37. The Labute approximate surface area is 149 Å². The maximum Gasteiger partial charge on any atom is 0.0594 e. The fourth-order valence-electron chi connectivity index (χ4n) is 3.01. The van der Waals surface area contributed by atoms with Crippen molar-refractivity contribution in [3.8, 4) is 0 Å². The molecule has 1 fully saturated rings. The number of hydrogen-bond donors (Lipinski definition) is 0. The number of ether oxygens (including phenoxy) is 1. The Morgan fingerprint density at radius 2 is 1.92 bits per heavy atom. The number of hydrogen-bond acceptors (Lipinski definition) is 5. The molecule has 0 spiro atoms. The molecular formula is C19H25N3OS. The van der Waals surface area contributed by atoms with Crippen LogP contribution >= 0.6 is 11.9 Å². The zero-order chi connectivity index (χ0) is 16.8. The van der Waals surface area contributed by atoms with E-state index in [1.807, 2.05) is 6.08 Å². The zero-order valence-corrected chi connectivity index (χ0v) is 14.9. The van der Waals surface area contributed by atoms with Crippen molar-refractivity contribution < 1.29 is 4.74 Å². The molecule has 0 atom stereocenters. The summed E-state index contributed by atoms with van der Waals surface area (Å²) in [4.78, 5) is 7.87. The number of nitrogens with zero attached hydrogens (tertiary/aromatic N) is 3. The molecule has 0 bridgehead atoms. The average molecular weight is 343 g/mol. The first-order valence-electron chi connectivity index (χ1n) is 8.41. The second-order valence-corrected chi connectivity index (χ2v) is 7.24. The van der Waals surface area contributed by atoms with Crippen LogP contribution in [-0.2, 0) is 11.3 Å². The van der Waals surface area contributed by atoms with E-state index in [1.54, 1.807) is 11.9 Å². The summed E-state index contributed by atoms with van der Waals surface area (Å²) in [6, 6.07) is 8.90. The summed E-state index contributed by atoms with van der Waals surface area (Å²) in [5.74, 6) is 0. The molecule has 3 rings (SSSR count). The van der Waals surface area contributed by atoms with E-state index >= 15 is 0 Å². The number of allylic oxidation sites excluding steroid dienone is 1. The van der Waals surface area contributed by atoms with Crippen molar-refractivity contribution in [2.75, 3.05) is 39.4 Å². The minimum atomic E-state index is 0.824. The molecule has 0 aromatic heterocycles. The molecule has 2 heterocycles. The minimum absolute atomic E-state index is 0.824. The van der Waals surface area contributed by atoms with E-state index in [-0.39, 0.29) is 0 Å². The van der Waals surface area contributed by atoms with Gasteiger partial charge in [-0.1, -0.05) is 24.8 Å². The second-order valence-electron chi connectivity index (χ2n) is 6.07. The van der Waals surface area contributed by atoms with E-state index in [9.17, 15) is 0 Å². The van der Waals surface area contributed by atoms with Crippen LogP contribution in [0.15, 0.2) is 58.1 Å². The van der Waals surface area contributed by atoms with E-state index < -0.39 is 0 Å². The molecule has 0 unspecified atom stereocenters. The summed E-state index contributed by atoms with van der Waals surface area (Å²) in [6.07, 6.45) is 2.90. The van der Waals surface area contributed by atoms with Gasteiger partial charge in [0.2, 0.25) is 0 Å². The molecule has 0 saturated carbocycles. The van der Waals surface area contributed by atoms with Crippen LogP contribution in [-0.4, -0.2) is 55.3 Å². The lowest BCUT2D eigenvalue weighted by Crippen LogP contribution is -2.35. The van der Waals surface area contributed by atoms with Crippen molar-refractivity contribution in [2.45, 2.75) is 17.9 Å². The lowest BCUT2D eigenvalue weighted by Gasteiger charge is -2.27. The summed E-state index contributed by atoms with van der Waals surface area (Å²) in [5.41, 5.74) is 3.64. The van der Waals surface area contributed by atoms with Crippen molar-refractivity contribution in [1.82, 2.24) is 9.21 Å². The Morgan fingerprint density at radius 1 is 1.17 bits per heavy atom. The van der Waals surface area contributed by atoms with E-state index in [0.717, 1.165) is 58.1 Å². The van der Waals surface area contributed by atoms with Crippen LogP contribution in [0.1, 0.15) is 12.0 Å². The maximum absolute atomic E-state index is 5.40. The quantitative estimate of drug-likeness (QED) is 0.585. The van der Waals surface area contributed by atoms with Gasteiger partial charge >= 0.3 is 0 Å². The maximum atomic E-state index is 5.40. The van der Waals surface area contributed by atoms with Crippen molar-refractivity contribution in [3.05, 3.63) is 53.8 Å². The molecular weight excluding hydrogens is 318 g/mol. The summed E-state index contributed by atoms with van der Waals surface area (Å²) in [7, 11) is 0. The van der Waals surface area contributed by atoms with Gasteiger partial charge in [-0.05, 0) is 48.4 Å².